The summed E-state index contributed by atoms with van der Waals surface area (Å²) in [5.41, 5.74) is 0.828. The van der Waals surface area contributed by atoms with Crippen molar-refractivity contribution >= 4 is 40.1 Å². The van der Waals surface area contributed by atoms with Crippen molar-refractivity contribution in [3.05, 3.63) is 27.8 Å². The lowest BCUT2D eigenvalue weighted by Gasteiger charge is -2.31. The smallest absolute Gasteiger partial charge is 0.238 e. The van der Waals surface area contributed by atoms with Gasteiger partial charge in [0.2, 0.25) is 11.8 Å². The summed E-state index contributed by atoms with van der Waals surface area (Å²) in [6, 6.07) is 7.97. The lowest BCUT2D eigenvalue weighted by Crippen LogP contribution is -2.45. The molecule has 1 atom stereocenters. The van der Waals surface area contributed by atoms with Gasteiger partial charge in [-0.3, -0.25) is 14.5 Å². The summed E-state index contributed by atoms with van der Waals surface area (Å²) in [5.74, 6) is 0.660. The molecule has 1 aliphatic rings. The summed E-state index contributed by atoms with van der Waals surface area (Å²) in [6.45, 7) is 8.22. The summed E-state index contributed by atoms with van der Waals surface area (Å²) in [6.07, 6.45) is 1.63. The molecule has 138 valence electrons. The summed E-state index contributed by atoms with van der Waals surface area (Å²) in [4.78, 5) is 26.6. The Morgan fingerprint density at radius 1 is 1.24 bits per heavy atom. The van der Waals surface area contributed by atoms with E-state index in [9.17, 15) is 9.59 Å². The van der Waals surface area contributed by atoms with E-state index in [0.717, 1.165) is 35.2 Å². The van der Waals surface area contributed by atoms with Gasteiger partial charge in [0.25, 0.3) is 0 Å². The normalized spacial score (nSPS) is 17.3. The van der Waals surface area contributed by atoms with Gasteiger partial charge in [-0.25, -0.2) is 0 Å². The first-order chi connectivity index (χ1) is 11.8. The van der Waals surface area contributed by atoms with Crippen molar-refractivity contribution in [3.63, 3.8) is 0 Å². The molecule has 0 spiro atoms. The molecule has 1 aromatic rings. The molecule has 6 heteroatoms. The van der Waals surface area contributed by atoms with Crippen molar-refractivity contribution in [3.8, 4) is 0 Å². The number of rotatable bonds is 6. The summed E-state index contributed by atoms with van der Waals surface area (Å²) in [7, 11) is 0. The summed E-state index contributed by atoms with van der Waals surface area (Å²) >= 11 is 2.23. The van der Waals surface area contributed by atoms with Crippen LogP contribution < -0.4 is 10.6 Å². The predicted octanol–water partition coefficient (Wildman–Crippen LogP) is 3.10. The van der Waals surface area contributed by atoms with Crippen molar-refractivity contribution in [2.75, 3.05) is 25.0 Å². The van der Waals surface area contributed by atoms with Gasteiger partial charge < -0.3 is 10.6 Å². The van der Waals surface area contributed by atoms with Gasteiger partial charge in [0, 0.05) is 21.2 Å². The van der Waals surface area contributed by atoms with Gasteiger partial charge in [0.15, 0.2) is 0 Å². The number of carbonyl (C=O) groups excluding carboxylic acids is 2. The maximum Gasteiger partial charge on any atom is 0.238 e. The Labute approximate surface area is 164 Å². The SMILES string of the molecule is CC(C)C(C)NC(=O)C1CCN(CC(=O)Nc2cccc(I)c2)CC1. The predicted molar refractivity (Wildman–Crippen MR) is 109 cm³/mol. The number of carbonyl (C=O) groups is 2. The molecule has 1 heterocycles. The third-order valence-corrected chi connectivity index (χ3v) is 5.47. The van der Waals surface area contributed by atoms with Gasteiger partial charge in [0.1, 0.15) is 0 Å². The van der Waals surface area contributed by atoms with E-state index >= 15 is 0 Å². The highest BCUT2D eigenvalue weighted by Gasteiger charge is 2.27. The molecule has 1 fully saturated rings. The van der Waals surface area contributed by atoms with Crippen molar-refractivity contribution in [2.24, 2.45) is 11.8 Å². The zero-order valence-electron chi connectivity index (χ0n) is 15.2. The van der Waals surface area contributed by atoms with Gasteiger partial charge in [0.05, 0.1) is 6.54 Å². The van der Waals surface area contributed by atoms with Gasteiger partial charge >= 0.3 is 0 Å². The third kappa shape index (κ3) is 6.58. The molecule has 2 rings (SSSR count). The van der Waals surface area contributed by atoms with Crippen LogP contribution in [-0.4, -0.2) is 42.4 Å². The third-order valence-electron chi connectivity index (χ3n) is 4.80. The van der Waals surface area contributed by atoms with Gasteiger partial charge in [-0.15, -0.1) is 0 Å². The first-order valence-electron chi connectivity index (χ1n) is 8.93. The quantitative estimate of drug-likeness (QED) is 0.646. The number of anilines is 1. The van der Waals surface area contributed by atoms with Crippen molar-refractivity contribution in [1.29, 1.82) is 0 Å². The fourth-order valence-corrected chi connectivity index (χ4v) is 3.38. The van der Waals surface area contributed by atoms with E-state index in [4.69, 9.17) is 0 Å². The highest BCUT2D eigenvalue weighted by molar-refractivity contribution is 14.1. The summed E-state index contributed by atoms with van der Waals surface area (Å²) < 4.78 is 1.10. The van der Waals surface area contributed by atoms with E-state index in [0.29, 0.717) is 12.5 Å². The molecule has 0 saturated carbocycles. The molecule has 1 unspecified atom stereocenters. The second-order valence-corrected chi connectivity index (χ2v) is 8.40. The fraction of sp³-hybridized carbons (Fsp3) is 0.579. The molecule has 2 amide bonds. The van der Waals surface area contributed by atoms with Crippen LogP contribution in [0.1, 0.15) is 33.6 Å². The van der Waals surface area contributed by atoms with Crippen molar-refractivity contribution in [2.45, 2.75) is 39.7 Å². The van der Waals surface area contributed by atoms with Gasteiger partial charge in [-0.1, -0.05) is 19.9 Å². The van der Waals surface area contributed by atoms with E-state index in [1.165, 1.54) is 0 Å². The minimum atomic E-state index is -0.00154. The molecule has 0 aromatic heterocycles. The molecule has 1 saturated heterocycles. The van der Waals surface area contributed by atoms with Crippen LogP contribution in [0.3, 0.4) is 0 Å². The molecule has 0 bridgehead atoms. The standard InChI is InChI=1S/C19H28IN3O2/c1-13(2)14(3)21-19(25)15-7-9-23(10-8-15)12-18(24)22-17-6-4-5-16(20)11-17/h4-6,11,13-15H,7-10,12H2,1-3H3,(H,21,25)(H,22,24). The molecular formula is C19H28IN3O2. The maximum atomic E-state index is 12.3. The largest absolute Gasteiger partial charge is 0.353 e. The number of hydrogen-bond acceptors (Lipinski definition) is 3. The fourth-order valence-electron chi connectivity index (χ4n) is 2.83. The zero-order chi connectivity index (χ0) is 18.4. The highest BCUT2D eigenvalue weighted by atomic mass is 127. The first-order valence-corrected chi connectivity index (χ1v) is 10.0. The number of hydrogen-bond donors (Lipinski definition) is 2. The van der Waals surface area contributed by atoms with E-state index in [2.05, 4.69) is 52.0 Å². The van der Waals surface area contributed by atoms with Crippen LogP contribution in [0.25, 0.3) is 0 Å². The molecule has 5 nitrogen and oxygen atoms in total. The van der Waals surface area contributed by atoms with Crippen LogP contribution >= 0.6 is 22.6 Å². The van der Waals surface area contributed by atoms with E-state index in [-0.39, 0.29) is 23.8 Å². The topological polar surface area (TPSA) is 61.4 Å². The lowest BCUT2D eigenvalue weighted by atomic mass is 9.95. The van der Waals surface area contributed by atoms with Crippen LogP contribution in [0, 0.1) is 15.4 Å². The molecular weight excluding hydrogens is 429 g/mol. The number of benzene rings is 1. The van der Waals surface area contributed by atoms with Crippen LogP contribution in [0.2, 0.25) is 0 Å². The van der Waals surface area contributed by atoms with Crippen LogP contribution in [0.4, 0.5) is 5.69 Å². The number of nitrogens with one attached hydrogen (secondary N) is 2. The number of likely N-dealkylation sites (tertiary alicyclic amines) is 1. The Balaban J connectivity index is 1.74. The number of piperidine rings is 1. The van der Waals surface area contributed by atoms with Gasteiger partial charge in [-0.2, -0.15) is 0 Å². The molecule has 0 aliphatic carbocycles. The molecule has 2 N–H and O–H groups in total. The molecule has 0 radical (unpaired) electrons. The summed E-state index contributed by atoms with van der Waals surface area (Å²) in [5, 5.41) is 6.04. The average Bonchev–Trinajstić information content (AvgIpc) is 2.55. The van der Waals surface area contributed by atoms with Crippen molar-refractivity contribution < 1.29 is 9.59 Å². The Hall–Kier alpha value is -1.15. The Morgan fingerprint density at radius 2 is 1.92 bits per heavy atom. The molecule has 25 heavy (non-hydrogen) atoms. The average molecular weight is 457 g/mol. The van der Waals surface area contributed by atoms with Crippen LogP contribution in [0.5, 0.6) is 0 Å². The second kappa shape index (κ2) is 9.52. The zero-order valence-corrected chi connectivity index (χ0v) is 17.4. The van der Waals surface area contributed by atoms with E-state index < -0.39 is 0 Å². The Morgan fingerprint density at radius 3 is 2.52 bits per heavy atom. The minimum Gasteiger partial charge on any atom is -0.353 e. The van der Waals surface area contributed by atoms with Crippen molar-refractivity contribution in [1.82, 2.24) is 10.2 Å². The van der Waals surface area contributed by atoms with Gasteiger partial charge in [-0.05, 0) is 79.6 Å². The number of halogens is 1. The van der Waals surface area contributed by atoms with E-state index in [1.54, 1.807) is 0 Å². The first kappa shape index (κ1) is 20.2. The number of amides is 2. The maximum absolute atomic E-state index is 12.3. The number of nitrogens with zero attached hydrogens (tertiary/aromatic N) is 1. The highest BCUT2D eigenvalue weighted by Crippen LogP contribution is 2.18. The second-order valence-electron chi connectivity index (χ2n) is 7.15. The Bertz CT molecular complexity index is 598. The Kier molecular flexibility index (Phi) is 7.68. The monoisotopic (exact) mass is 457 g/mol. The molecule has 1 aromatic carbocycles. The van der Waals surface area contributed by atoms with Crippen LogP contribution in [-0.2, 0) is 9.59 Å². The minimum absolute atomic E-state index is 0.00154. The van der Waals surface area contributed by atoms with E-state index in [1.807, 2.05) is 31.2 Å². The van der Waals surface area contributed by atoms with Crippen LogP contribution in [0.15, 0.2) is 24.3 Å². The lowest BCUT2D eigenvalue weighted by molar-refractivity contribution is -0.127. The molecule has 1 aliphatic heterocycles.